The lowest BCUT2D eigenvalue weighted by atomic mass is 10.3. The maximum atomic E-state index is 12.3. The van der Waals surface area contributed by atoms with Gasteiger partial charge in [0, 0.05) is 24.4 Å². The fourth-order valence-corrected chi connectivity index (χ4v) is 2.92. The molecular weight excluding hydrogens is 360 g/mol. The first-order valence-electron chi connectivity index (χ1n) is 7.66. The molecule has 2 aromatic rings. The summed E-state index contributed by atoms with van der Waals surface area (Å²) in [5.74, 6) is -0.229. The van der Waals surface area contributed by atoms with Crippen molar-refractivity contribution in [2.75, 3.05) is 17.2 Å². The number of hydrogen-bond donors (Lipinski definition) is 2. The summed E-state index contributed by atoms with van der Waals surface area (Å²) >= 11 is 0. The molecule has 26 heavy (non-hydrogen) atoms. The zero-order chi connectivity index (χ0) is 19.2. The van der Waals surface area contributed by atoms with Crippen molar-refractivity contribution in [3.8, 4) is 5.75 Å². The van der Waals surface area contributed by atoms with Gasteiger partial charge in [0.05, 0.1) is 6.61 Å². The molecular formula is C17H18N2O6S. The molecule has 9 heteroatoms. The van der Waals surface area contributed by atoms with Crippen molar-refractivity contribution >= 4 is 33.5 Å². The van der Waals surface area contributed by atoms with Gasteiger partial charge in [0.2, 0.25) is 5.91 Å². The van der Waals surface area contributed by atoms with E-state index in [-0.39, 0.29) is 23.2 Å². The molecule has 0 spiro atoms. The van der Waals surface area contributed by atoms with Crippen LogP contribution in [0, 0.1) is 0 Å². The average Bonchev–Trinajstić information content (AvgIpc) is 2.55. The Hall–Kier alpha value is -3.07. The van der Waals surface area contributed by atoms with Crippen LogP contribution in [-0.4, -0.2) is 27.0 Å². The predicted molar refractivity (Wildman–Crippen MR) is 95.6 cm³/mol. The standard InChI is InChI=1S/C17H18N2O6S/c1-3-24-17(21)19-14-5-4-6-15(11-14)25-26(22,23)16-9-7-13(8-10-16)18-12(2)20/h4-11H,3H2,1-2H3,(H,18,20)(H,19,21). The number of anilines is 2. The van der Waals surface area contributed by atoms with Gasteiger partial charge >= 0.3 is 16.2 Å². The van der Waals surface area contributed by atoms with Crippen LogP contribution < -0.4 is 14.8 Å². The van der Waals surface area contributed by atoms with E-state index in [4.69, 9.17) is 8.92 Å². The van der Waals surface area contributed by atoms with Gasteiger partial charge in [0.25, 0.3) is 0 Å². The van der Waals surface area contributed by atoms with Crippen LogP contribution >= 0.6 is 0 Å². The second-order valence-corrected chi connectivity index (χ2v) is 6.66. The van der Waals surface area contributed by atoms with E-state index in [9.17, 15) is 18.0 Å². The smallest absolute Gasteiger partial charge is 0.411 e. The summed E-state index contributed by atoms with van der Waals surface area (Å²) in [6.07, 6.45) is -0.652. The minimum absolute atomic E-state index is 0.0326. The van der Waals surface area contributed by atoms with Crippen LogP contribution in [0.25, 0.3) is 0 Å². The molecule has 2 N–H and O–H groups in total. The molecule has 138 valence electrons. The number of carbonyl (C=O) groups excluding carboxylic acids is 2. The quantitative estimate of drug-likeness (QED) is 0.748. The van der Waals surface area contributed by atoms with E-state index in [1.54, 1.807) is 13.0 Å². The van der Waals surface area contributed by atoms with Crippen molar-refractivity contribution in [1.82, 2.24) is 0 Å². The number of benzene rings is 2. The normalized spacial score (nSPS) is 10.7. The summed E-state index contributed by atoms with van der Waals surface area (Å²) < 4.78 is 34.5. The lowest BCUT2D eigenvalue weighted by Crippen LogP contribution is -2.14. The summed E-state index contributed by atoms with van der Waals surface area (Å²) in [4.78, 5) is 22.3. The first kappa shape index (κ1) is 19.3. The van der Waals surface area contributed by atoms with Gasteiger partial charge in [0.1, 0.15) is 10.6 Å². The van der Waals surface area contributed by atoms with Crippen molar-refractivity contribution in [1.29, 1.82) is 0 Å². The van der Waals surface area contributed by atoms with Crippen LogP contribution in [0.4, 0.5) is 16.2 Å². The second kappa shape index (κ2) is 8.34. The highest BCUT2D eigenvalue weighted by atomic mass is 32.2. The van der Waals surface area contributed by atoms with E-state index in [1.807, 2.05) is 0 Å². The van der Waals surface area contributed by atoms with E-state index < -0.39 is 16.2 Å². The van der Waals surface area contributed by atoms with Gasteiger partial charge in [-0.25, -0.2) is 4.79 Å². The zero-order valence-electron chi connectivity index (χ0n) is 14.2. The van der Waals surface area contributed by atoms with E-state index in [1.165, 1.54) is 49.4 Å². The van der Waals surface area contributed by atoms with Crippen LogP contribution in [-0.2, 0) is 19.6 Å². The van der Waals surface area contributed by atoms with E-state index >= 15 is 0 Å². The van der Waals surface area contributed by atoms with E-state index in [0.717, 1.165) is 0 Å². The summed E-state index contributed by atoms with van der Waals surface area (Å²) in [5, 5.41) is 5.00. The molecule has 0 heterocycles. The maximum absolute atomic E-state index is 12.3. The van der Waals surface area contributed by atoms with Crippen LogP contribution in [0.1, 0.15) is 13.8 Å². The Labute approximate surface area is 151 Å². The Morgan fingerprint density at radius 2 is 1.69 bits per heavy atom. The predicted octanol–water partition coefficient (Wildman–Crippen LogP) is 2.98. The number of carbonyl (C=O) groups is 2. The molecule has 0 unspecified atom stereocenters. The Morgan fingerprint density at radius 1 is 1.00 bits per heavy atom. The number of rotatable bonds is 6. The topological polar surface area (TPSA) is 111 Å². The molecule has 0 radical (unpaired) electrons. The first-order valence-corrected chi connectivity index (χ1v) is 9.07. The molecule has 0 atom stereocenters. The lowest BCUT2D eigenvalue weighted by Gasteiger charge is -2.10. The molecule has 0 aromatic heterocycles. The third-order valence-electron chi connectivity index (χ3n) is 3.03. The largest absolute Gasteiger partial charge is 0.450 e. The highest BCUT2D eigenvalue weighted by molar-refractivity contribution is 7.87. The van der Waals surface area contributed by atoms with Crippen molar-refractivity contribution in [2.45, 2.75) is 18.7 Å². The molecule has 0 bridgehead atoms. The summed E-state index contributed by atoms with van der Waals surface area (Å²) in [6.45, 7) is 3.23. The van der Waals surface area contributed by atoms with Gasteiger partial charge in [-0.15, -0.1) is 0 Å². The summed E-state index contributed by atoms with van der Waals surface area (Å²) in [7, 11) is -4.07. The SMILES string of the molecule is CCOC(=O)Nc1cccc(OS(=O)(=O)c2ccc(NC(C)=O)cc2)c1. The Kier molecular flexibility index (Phi) is 6.18. The van der Waals surface area contributed by atoms with Crippen molar-refractivity contribution in [2.24, 2.45) is 0 Å². The highest BCUT2D eigenvalue weighted by Crippen LogP contribution is 2.23. The average molecular weight is 378 g/mol. The minimum Gasteiger partial charge on any atom is -0.450 e. The number of amides is 2. The van der Waals surface area contributed by atoms with E-state index in [2.05, 4.69) is 10.6 Å². The maximum Gasteiger partial charge on any atom is 0.411 e. The Balaban J connectivity index is 2.13. The van der Waals surface area contributed by atoms with Gasteiger partial charge in [-0.05, 0) is 43.3 Å². The molecule has 0 aliphatic heterocycles. The third kappa shape index (κ3) is 5.49. The van der Waals surface area contributed by atoms with Gasteiger partial charge < -0.3 is 14.2 Å². The number of ether oxygens (including phenoxy) is 1. The van der Waals surface area contributed by atoms with Gasteiger partial charge in [-0.3, -0.25) is 10.1 Å². The molecule has 2 rings (SSSR count). The molecule has 0 saturated carbocycles. The van der Waals surface area contributed by atoms with E-state index in [0.29, 0.717) is 11.4 Å². The fourth-order valence-electron chi connectivity index (χ4n) is 1.99. The number of nitrogens with one attached hydrogen (secondary N) is 2. The van der Waals surface area contributed by atoms with Gasteiger partial charge in [-0.2, -0.15) is 8.42 Å². The zero-order valence-corrected chi connectivity index (χ0v) is 15.0. The first-order chi connectivity index (χ1) is 12.3. The van der Waals surface area contributed by atoms with Crippen LogP contribution in [0.3, 0.4) is 0 Å². The van der Waals surface area contributed by atoms with Crippen molar-refractivity contribution < 1.29 is 26.9 Å². The van der Waals surface area contributed by atoms with Crippen LogP contribution in [0.15, 0.2) is 53.4 Å². The monoisotopic (exact) mass is 378 g/mol. The van der Waals surface area contributed by atoms with Crippen molar-refractivity contribution in [3.63, 3.8) is 0 Å². The van der Waals surface area contributed by atoms with Crippen molar-refractivity contribution in [3.05, 3.63) is 48.5 Å². The van der Waals surface area contributed by atoms with Crippen LogP contribution in [0.2, 0.25) is 0 Å². The summed E-state index contributed by atoms with van der Waals surface area (Å²) in [5.41, 5.74) is 0.800. The Bertz CT molecular complexity index is 894. The number of hydrogen-bond acceptors (Lipinski definition) is 6. The molecule has 2 aromatic carbocycles. The highest BCUT2D eigenvalue weighted by Gasteiger charge is 2.17. The molecule has 0 aliphatic rings. The Morgan fingerprint density at radius 3 is 2.31 bits per heavy atom. The molecule has 8 nitrogen and oxygen atoms in total. The summed E-state index contributed by atoms with van der Waals surface area (Å²) in [6, 6.07) is 11.5. The van der Waals surface area contributed by atoms with Gasteiger partial charge in [0.15, 0.2) is 0 Å². The fraction of sp³-hybridized carbons (Fsp3) is 0.176. The minimum atomic E-state index is -4.07. The van der Waals surface area contributed by atoms with Gasteiger partial charge in [-0.1, -0.05) is 6.07 Å². The molecule has 2 amide bonds. The lowest BCUT2D eigenvalue weighted by molar-refractivity contribution is -0.114. The van der Waals surface area contributed by atoms with Crippen LogP contribution in [0.5, 0.6) is 5.75 Å². The molecule has 0 aliphatic carbocycles. The third-order valence-corrected chi connectivity index (χ3v) is 4.29. The molecule has 0 fully saturated rings. The molecule has 0 saturated heterocycles. The second-order valence-electron chi connectivity index (χ2n) is 5.12.